The van der Waals surface area contributed by atoms with E-state index in [1.807, 2.05) is 0 Å². The molecule has 1 aliphatic heterocycles. The summed E-state index contributed by atoms with van der Waals surface area (Å²) in [7, 11) is 4.23. The van der Waals surface area contributed by atoms with E-state index in [0.717, 1.165) is 36.5 Å². The Hall–Kier alpha value is 0.0569. The van der Waals surface area contributed by atoms with Gasteiger partial charge in [0.2, 0.25) is 0 Å². The van der Waals surface area contributed by atoms with Gasteiger partial charge in [-0.05, 0) is 6.42 Å². The highest BCUT2D eigenvalue weighted by atomic mass is 28.1. The molecule has 1 atom stereocenters. The van der Waals surface area contributed by atoms with Crippen molar-refractivity contribution in [2.45, 2.75) is 25.4 Å². The molecule has 0 N–H and O–H groups in total. The van der Waals surface area contributed by atoms with Gasteiger partial charge in [-0.25, -0.2) is 0 Å². The summed E-state index contributed by atoms with van der Waals surface area (Å²) in [4.78, 5) is 0. The maximum absolute atomic E-state index is 5.18. The van der Waals surface area contributed by atoms with Gasteiger partial charge in [-0.2, -0.15) is 0 Å². The number of methoxy groups -OCH3 is 2. The largest absolute Gasteiger partial charge is 0.379 e. The highest BCUT2D eigenvalue weighted by Gasteiger charge is 2.21. The molecule has 0 saturated carbocycles. The second-order valence-corrected chi connectivity index (χ2v) is 4.01. The Kier molecular flexibility index (Phi) is 9.64. The first-order valence-electron chi connectivity index (χ1n) is 4.99. The second kappa shape index (κ2) is 9.61. The third-order valence-electron chi connectivity index (χ3n) is 1.72. The normalized spacial score (nSPS) is 19.3. The molecule has 1 unspecified atom stereocenters. The van der Waals surface area contributed by atoms with Crippen molar-refractivity contribution in [2.24, 2.45) is 0 Å². The summed E-state index contributed by atoms with van der Waals surface area (Å²) >= 11 is 0. The minimum absolute atomic E-state index is 0.0741. The molecule has 1 heterocycles. The smallest absolute Gasteiger partial charge is 0.130 e. The Morgan fingerprint density at radius 1 is 1.43 bits per heavy atom. The van der Waals surface area contributed by atoms with Crippen LogP contribution in [-0.2, 0) is 18.9 Å². The van der Waals surface area contributed by atoms with Gasteiger partial charge < -0.3 is 18.9 Å². The van der Waals surface area contributed by atoms with Crippen molar-refractivity contribution in [1.82, 2.24) is 0 Å². The summed E-state index contributed by atoms with van der Waals surface area (Å²) in [6, 6.07) is 0. The summed E-state index contributed by atoms with van der Waals surface area (Å²) in [6.45, 7) is 4.69. The molecule has 86 valence electrons. The number of ether oxygens (including phenoxy) is 4. The fourth-order valence-corrected chi connectivity index (χ4v) is 0.620. The van der Waals surface area contributed by atoms with Crippen LogP contribution in [0.15, 0.2) is 0 Å². The standard InChI is InChI=1S/C6H12O2.C3H10O2Si/c1-2-3-7-4-6-5-8-6;1-4-3(6)5-2/h6H,2-5H2,1H3;3H,1-2,6H3. The predicted molar refractivity (Wildman–Crippen MR) is 58.6 cm³/mol. The van der Waals surface area contributed by atoms with E-state index in [1.165, 1.54) is 0 Å². The van der Waals surface area contributed by atoms with E-state index >= 15 is 0 Å². The fraction of sp³-hybridized carbons (Fsp3) is 1.00. The van der Waals surface area contributed by atoms with Gasteiger partial charge in [0.05, 0.1) is 23.5 Å². The highest BCUT2D eigenvalue weighted by molar-refractivity contribution is 6.09. The molecule has 0 bridgehead atoms. The zero-order valence-corrected chi connectivity index (χ0v) is 11.6. The van der Waals surface area contributed by atoms with E-state index in [0.29, 0.717) is 6.10 Å². The number of hydrogen-bond acceptors (Lipinski definition) is 4. The van der Waals surface area contributed by atoms with E-state index < -0.39 is 0 Å². The van der Waals surface area contributed by atoms with Crippen molar-refractivity contribution in [2.75, 3.05) is 34.0 Å². The SMILES string of the molecule is CCCOCC1CO1.COC([SiH3])OC. The first kappa shape index (κ1) is 14.1. The number of hydrogen-bond donors (Lipinski definition) is 0. The number of epoxide rings is 1. The van der Waals surface area contributed by atoms with Gasteiger partial charge >= 0.3 is 0 Å². The molecule has 0 aliphatic carbocycles. The van der Waals surface area contributed by atoms with Crippen molar-refractivity contribution in [1.29, 1.82) is 0 Å². The first-order valence-corrected chi connectivity index (χ1v) is 6.15. The van der Waals surface area contributed by atoms with Gasteiger partial charge in [0, 0.05) is 20.8 Å². The minimum Gasteiger partial charge on any atom is -0.379 e. The summed E-state index contributed by atoms with van der Waals surface area (Å²) in [5.41, 5.74) is 0. The maximum atomic E-state index is 5.18. The van der Waals surface area contributed by atoms with E-state index in [1.54, 1.807) is 14.2 Å². The van der Waals surface area contributed by atoms with Crippen molar-refractivity contribution >= 4 is 10.2 Å². The van der Waals surface area contributed by atoms with Gasteiger partial charge in [-0.15, -0.1) is 0 Å². The summed E-state index contributed by atoms with van der Waals surface area (Å²) in [5.74, 6) is 0.0741. The molecule has 0 spiro atoms. The Morgan fingerprint density at radius 3 is 2.29 bits per heavy atom. The first-order chi connectivity index (χ1) is 6.74. The van der Waals surface area contributed by atoms with Crippen LogP contribution in [0.2, 0.25) is 0 Å². The van der Waals surface area contributed by atoms with Crippen LogP contribution in [0.4, 0.5) is 0 Å². The molecule has 4 nitrogen and oxygen atoms in total. The Bertz CT molecular complexity index is 115. The van der Waals surface area contributed by atoms with Crippen LogP contribution in [0.5, 0.6) is 0 Å². The molecule has 14 heavy (non-hydrogen) atoms. The quantitative estimate of drug-likeness (QED) is 0.269. The molecule has 1 aliphatic rings. The Labute approximate surface area is 89.3 Å². The van der Waals surface area contributed by atoms with Crippen molar-refractivity contribution in [3.05, 3.63) is 0 Å². The van der Waals surface area contributed by atoms with Crippen LogP contribution in [0.3, 0.4) is 0 Å². The zero-order valence-electron chi connectivity index (χ0n) is 9.62. The third kappa shape index (κ3) is 10.1. The third-order valence-corrected chi connectivity index (χ3v) is 2.66. The topological polar surface area (TPSA) is 40.2 Å². The molecule has 0 amide bonds. The predicted octanol–water partition coefficient (Wildman–Crippen LogP) is -0.260. The molecule has 0 aromatic carbocycles. The highest BCUT2D eigenvalue weighted by Crippen LogP contribution is 2.08. The van der Waals surface area contributed by atoms with Crippen LogP contribution in [0, 0.1) is 0 Å². The van der Waals surface area contributed by atoms with Crippen LogP contribution < -0.4 is 0 Å². The van der Waals surface area contributed by atoms with Gasteiger partial charge in [-0.3, -0.25) is 0 Å². The Morgan fingerprint density at radius 2 is 2.00 bits per heavy atom. The van der Waals surface area contributed by atoms with E-state index in [4.69, 9.17) is 18.9 Å². The van der Waals surface area contributed by atoms with E-state index in [2.05, 4.69) is 6.92 Å². The molecule has 1 rings (SSSR count). The van der Waals surface area contributed by atoms with Crippen LogP contribution in [0.1, 0.15) is 13.3 Å². The summed E-state index contributed by atoms with van der Waals surface area (Å²) < 4.78 is 19.6. The molecule has 0 aromatic heterocycles. The lowest BCUT2D eigenvalue weighted by Gasteiger charge is -2.03. The maximum Gasteiger partial charge on any atom is 0.130 e. The monoisotopic (exact) mass is 222 g/mol. The van der Waals surface area contributed by atoms with Crippen LogP contribution >= 0.6 is 0 Å². The van der Waals surface area contributed by atoms with Crippen molar-refractivity contribution < 1.29 is 18.9 Å². The molecule has 1 saturated heterocycles. The second-order valence-electron chi connectivity index (χ2n) is 3.07. The van der Waals surface area contributed by atoms with Crippen molar-refractivity contribution in [3.8, 4) is 0 Å². The molecule has 0 radical (unpaired) electrons. The molecule has 1 fully saturated rings. The zero-order chi connectivity index (χ0) is 10.8. The van der Waals surface area contributed by atoms with E-state index in [9.17, 15) is 0 Å². The fourth-order valence-electron chi connectivity index (χ4n) is 0.620. The van der Waals surface area contributed by atoms with Gasteiger partial charge in [-0.1, -0.05) is 6.92 Å². The molecule has 5 heteroatoms. The summed E-state index contributed by atoms with van der Waals surface area (Å²) in [6.07, 6.45) is 1.54. The lowest BCUT2D eigenvalue weighted by molar-refractivity contribution is -0.0411. The lowest BCUT2D eigenvalue weighted by Crippen LogP contribution is -2.11. The molecule has 0 aromatic rings. The average Bonchev–Trinajstić information content (AvgIpc) is 3.02. The Balaban J connectivity index is 0.000000255. The van der Waals surface area contributed by atoms with Gasteiger partial charge in [0.25, 0.3) is 0 Å². The molecular formula is C9H22O4Si. The van der Waals surface area contributed by atoms with Gasteiger partial charge in [0.1, 0.15) is 12.0 Å². The summed E-state index contributed by atoms with van der Waals surface area (Å²) in [5, 5.41) is 0. The number of rotatable bonds is 6. The van der Waals surface area contributed by atoms with E-state index in [-0.39, 0.29) is 5.91 Å². The van der Waals surface area contributed by atoms with Crippen LogP contribution in [0.25, 0.3) is 0 Å². The van der Waals surface area contributed by atoms with Crippen molar-refractivity contribution in [3.63, 3.8) is 0 Å². The lowest BCUT2D eigenvalue weighted by atomic mass is 10.5. The van der Waals surface area contributed by atoms with Crippen LogP contribution in [-0.4, -0.2) is 56.3 Å². The average molecular weight is 222 g/mol. The molecular weight excluding hydrogens is 200 g/mol. The van der Waals surface area contributed by atoms with Gasteiger partial charge in [0.15, 0.2) is 0 Å². The minimum atomic E-state index is 0.0741.